The number of likely N-dealkylation sites (N-methyl/N-ethyl adjacent to an activating group) is 1. The summed E-state index contributed by atoms with van der Waals surface area (Å²) >= 11 is 0. The zero-order chi connectivity index (χ0) is 20.1. The number of amides is 1. The van der Waals surface area contributed by atoms with Gasteiger partial charge in [0, 0.05) is 51.1 Å². The van der Waals surface area contributed by atoms with E-state index in [-0.39, 0.29) is 10.8 Å². The average molecular weight is 402 g/mol. The second kappa shape index (κ2) is 8.86. The first-order chi connectivity index (χ1) is 13.3. The van der Waals surface area contributed by atoms with Crippen molar-refractivity contribution in [3.8, 4) is 0 Å². The number of hydrogen-bond acceptors (Lipinski definition) is 5. The van der Waals surface area contributed by atoms with Gasteiger partial charge in [0.15, 0.2) is 9.84 Å². The maximum atomic E-state index is 12.4. The van der Waals surface area contributed by atoms with Gasteiger partial charge in [0.25, 0.3) is 5.91 Å². The maximum absolute atomic E-state index is 12.4. The van der Waals surface area contributed by atoms with E-state index in [1.807, 2.05) is 12.1 Å². The van der Waals surface area contributed by atoms with E-state index in [1.54, 1.807) is 12.1 Å². The molecule has 1 aliphatic heterocycles. The van der Waals surface area contributed by atoms with E-state index in [4.69, 9.17) is 0 Å². The van der Waals surface area contributed by atoms with Gasteiger partial charge in [0.1, 0.15) is 0 Å². The van der Waals surface area contributed by atoms with Gasteiger partial charge in [0.05, 0.1) is 4.90 Å². The highest BCUT2D eigenvalue weighted by molar-refractivity contribution is 7.90. The van der Waals surface area contributed by atoms with Gasteiger partial charge < -0.3 is 10.2 Å². The first-order valence-electron chi connectivity index (χ1n) is 9.38. The maximum Gasteiger partial charge on any atom is 0.251 e. The van der Waals surface area contributed by atoms with Gasteiger partial charge in [0.2, 0.25) is 0 Å². The fourth-order valence-corrected chi connectivity index (χ4v) is 3.92. The second-order valence-corrected chi connectivity index (χ2v) is 9.40. The Kier molecular flexibility index (Phi) is 6.49. The van der Waals surface area contributed by atoms with Crippen molar-refractivity contribution in [2.45, 2.75) is 18.0 Å². The van der Waals surface area contributed by atoms with Crippen LogP contribution < -0.4 is 5.32 Å². The molecule has 0 saturated carbocycles. The van der Waals surface area contributed by atoms with Crippen LogP contribution in [0.25, 0.3) is 0 Å². The average Bonchev–Trinajstić information content (AvgIpc) is 2.68. The summed E-state index contributed by atoms with van der Waals surface area (Å²) in [5, 5.41) is 2.88. The normalized spacial score (nSPS) is 16.1. The molecule has 1 fully saturated rings. The molecule has 1 saturated heterocycles. The Labute approximate surface area is 167 Å². The van der Waals surface area contributed by atoms with Gasteiger partial charge in [-0.2, -0.15) is 0 Å². The molecule has 150 valence electrons. The van der Waals surface area contributed by atoms with E-state index in [1.165, 1.54) is 17.7 Å². The Bertz CT molecular complexity index is 935. The fraction of sp³-hybridized carbons (Fsp3) is 0.381. The summed E-state index contributed by atoms with van der Waals surface area (Å²) in [4.78, 5) is 17.3. The molecule has 1 N–H and O–H groups in total. The van der Waals surface area contributed by atoms with Crippen LogP contribution in [-0.2, 0) is 22.9 Å². The number of carbonyl (C=O) groups is 1. The third kappa shape index (κ3) is 5.64. The van der Waals surface area contributed by atoms with Crippen molar-refractivity contribution in [1.29, 1.82) is 0 Å². The summed E-state index contributed by atoms with van der Waals surface area (Å²) in [6, 6.07) is 14.3. The van der Waals surface area contributed by atoms with Gasteiger partial charge in [-0.3, -0.25) is 9.69 Å². The van der Waals surface area contributed by atoms with Crippen LogP contribution in [0.1, 0.15) is 21.5 Å². The number of nitrogens with zero attached hydrogens (tertiary/aromatic N) is 2. The standard InChI is InChI=1S/C21H27N3O3S/c1-23-9-11-24(12-10-23)16-18-6-3-5-17(13-18)15-22-21(25)19-7-4-8-20(14-19)28(2,26)27/h3-8,13-14H,9-12,15-16H2,1-2H3,(H,22,25). The Hall–Kier alpha value is -2.22. The van der Waals surface area contributed by atoms with Crippen molar-refractivity contribution in [3.05, 3.63) is 65.2 Å². The van der Waals surface area contributed by atoms with E-state index < -0.39 is 9.84 Å². The lowest BCUT2D eigenvalue weighted by Crippen LogP contribution is -2.43. The van der Waals surface area contributed by atoms with Gasteiger partial charge in [-0.1, -0.05) is 30.3 Å². The van der Waals surface area contributed by atoms with Crippen molar-refractivity contribution in [2.75, 3.05) is 39.5 Å². The van der Waals surface area contributed by atoms with Crippen LogP contribution in [0.2, 0.25) is 0 Å². The van der Waals surface area contributed by atoms with E-state index in [2.05, 4.69) is 34.3 Å². The van der Waals surface area contributed by atoms with Crippen LogP contribution in [0.5, 0.6) is 0 Å². The summed E-state index contributed by atoms with van der Waals surface area (Å²) < 4.78 is 23.3. The van der Waals surface area contributed by atoms with E-state index in [9.17, 15) is 13.2 Å². The monoisotopic (exact) mass is 401 g/mol. The molecule has 2 aromatic rings. The molecule has 0 bridgehead atoms. The molecular formula is C21H27N3O3S. The predicted octanol–water partition coefficient (Wildman–Crippen LogP) is 1.77. The van der Waals surface area contributed by atoms with E-state index in [0.717, 1.165) is 44.5 Å². The Morgan fingerprint density at radius 3 is 2.39 bits per heavy atom. The Morgan fingerprint density at radius 1 is 1.00 bits per heavy atom. The molecular weight excluding hydrogens is 374 g/mol. The first-order valence-corrected chi connectivity index (χ1v) is 11.3. The molecule has 7 heteroatoms. The van der Waals surface area contributed by atoms with Crippen molar-refractivity contribution in [2.24, 2.45) is 0 Å². The molecule has 6 nitrogen and oxygen atoms in total. The third-order valence-electron chi connectivity index (χ3n) is 4.97. The highest BCUT2D eigenvalue weighted by Gasteiger charge is 2.14. The highest BCUT2D eigenvalue weighted by atomic mass is 32.2. The largest absolute Gasteiger partial charge is 0.348 e. The summed E-state index contributed by atoms with van der Waals surface area (Å²) in [6.07, 6.45) is 1.13. The molecule has 3 rings (SSSR count). The number of carbonyl (C=O) groups excluding carboxylic acids is 1. The molecule has 1 heterocycles. The Morgan fingerprint density at radius 2 is 1.68 bits per heavy atom. The number of nitrogens with one attached hydrogen (secondary N) is 1. The summed E-state index contributed by atoms with van der Waals surface area (Å²) in [7, 11) is -1.19. The molecule has 1 amide bonds. The molecule has 0 aromatic heterocycles. The second-order valence-electron chi connectivity index (χ2n) is 7.38. The zero-order valence-electron chi connectivity index (χ0n) is 16.4. The van der Waals surface area contributed by atoms with Crippen molar-refractivity contribution in [3.63, 3.8) is 0 Å². The lowest BCUT2D eigenvalue weighted by atomic mass is 10.1. The lowest BCUT2D eigenvalue weighted by Gasteiger charge is -2.32. The van der Waals surface area contributed by atoms with Gasteiger partial charge in [-0.05, 0) is 36.4 Å². The minimum atomic E-state index is -3.34. The lowest BCUT2D eigenvalue weighted by molar-refractivity contribution is 0.0950. The topological polar surface area (TPSA) is 69.7 Å². The van der Waals surface area contributed by atoms with Crippen LogP contribution in [0.3, 0.4) is 0 Å². The molecule has 0 unspecified atom stereocenters. The number of piperazine rings is 1. The number of hydrogen-bond donors (Lipinski definition) is 1. The van der Waals surface area contributed by atoms with Gasteiger partial charge in [-0.25, -0.2) is 8.42 Å². The highest BCUT2D eigenvalue weighted by Crippen LogP contribution is 2.13. The number of rotatable bonds is 6. The van der Waals surface area contributed by atoms with Gasteiger partial charge >= 0.3 is 0 Å². The zero-order valence-corrected chi connectivity index (χ0v) is 17.2. The quantitative estimate of drug-likeness (QED) is 0.799. The Balaban J connectivity index is 1.59. The van der Waals surface area contributed by atoms with Crippen molar-refractivity contribution >= 4 is 15.7 Å². The van der Waals surface area contributed by atoms with Gasteiger partial charge in [-0.15, -0.1) is 0 Å². The molecule has 0 atom stereocenters. The number of benzene rings is 2. The van der Waals surface area contributed by atoms with Crippen LogP contribution in [0, 0.1) is 0 Å². The van der Waals surface area contributed by atoms with Crippen molar-refractivity contribution in [1.82, 2.24) is 15.1 Å². The van der Waals surface area contributed by atoms with Crippen LogP contribution >= 0.6 is 0 Å². The molecule has 1 aliphatic rings. The minimum absolute atomic E-state index is 0.148. The van der Waals surface area contributed by atoms with E-state index >= 15 is 0 Å². The van der Waals surface area contributed by atoms with Crippen molar-refractivity contribution < 1.29 is 13.2 Å². The summed E-state index contributed by atoms with van der Waals surface area (Å²) in [5.74, 6) is -0.282. The van der Waals surface area contributed by atoms with Crippen LogP contribution in [-0.4, -0.2) is 63.6 Å². The van der Waals surface area contributed by atoms with E-state index in [0.29, 0.717) is 12.1 Å². The first kappa shape index (κ1) is 20.5. The molecule has 0 aliphatic carbocycles. The molecule has 2 aromatic carbocycles. The summed E-state index contributed by atoms with van der Waals surface area (Å²) in [6.45, 7) is 5.61. The molecule has 0 radical (unpaired) electrons. The number of sulfone groups is 1. The molecule has 0 spiro atoms. The smallest absolute Gasteiger partial charge is 0.251 e. The minimum Gasteiger partial charge on any atom is -0.348 e. The van der Waals surface area contributed by atoms with Crippen LogP contribution in [0.4, 0.5) is 0 Å². The molecule has 28 heavy (non-hydrogen) atoms. The predicted molar refractivity (Wildman–Crippen MR) is 110 cm³/mol. The SMILES string of the molecule is CN1CCN(Cc2cccc(CNC(=O)c3cccc(S(C)(=O)=O)c3)c2)CC1. The fourth-order valence-electron chi connectivity index (χ4n) is 3.25. The van der Waals surface area contributed by atoms with Crippen LogP contribution in [0.15, 0.2) is 53.4 Å². The summed E-state index contributed by atoms with van der Waals surface area (Å²) in [5.41, 5.74) is 2.60. The third-order valence-corrected chi connectivity index (χ3v) is 6.08.